The topological polar surface area (TPSA) is 12.0 Å². The average Bonchev–Trinajstić information content (AvgIpc) is 2.16. The summed E-state index contributed by atoms with van der Waals surface area (Å²) in [7, 11) is 2.13. The zero-order chi connectivity index (χ0) is 10.4. The second kappa shape index (κ2) is 6.44. The standard InChI is InChI=1S/C13H27N/c1-4-11(5-2)9-13(14-3)10-12-7-6-8-12/h11-14H,4-10H2,1-3H3. The summed E-state index contributed by atoms with van der Waals surface area (Å²) in [4.78, 5) is 0. The monoisotopic (exact) mass is 197 g/mol. The predicted octanol–water partition coefficient (Wildman–Crippen LogP) is 3.59. The highest BCUT2D eigenvalue weighted by molar-refractivity contribution is 4.78. The zero-order valence-corrected chi connectivity index (χ0v) is 10.2. The summed E-state index contributed by atoms with van der Waals surface area (Å²) in [6, 6.07) is 0.783. The maximum Gasteiger partial charge on any atom is 0.00693 e. The summed E-state index contributed by atoms with van der Waals surface area (Å²) < 4.78 is 0. The van der Waals surface area contributed by atoms with Gasteiger partial charge in [0.05, 0.1) is 0 Å². The third-order valence-corrected chi connectivity index (χ3v) is 4.02. The molecule has 0 aromatic heterocycles. The molecule has 1 aliphatic rings. The summed E-state index contributed by atoms with van der Waals surface area (Å²) in [5, 5.41) is 3.50. The molecule has 1 fully saturated rings. The van der Waals surface area contributed by atoms with Crippen molar-refractivity contribution in [2.24, 2.45) is 11.8 Å². The van der Waals surface area contributed by atoms with E-state index in [1.54, 1.807) is 0 Å². The van der Waals surface area contributed by atoms with Crippen LogP contribution < -0.4 is 5.32 Å². The zero-order valence-electron chi connectivity index (χ0n) is 10.2. The van der Waals surface area contributed by atoms with Crippen LogP contribution in [-0.2, 0) is 0 Å². The lowest BCUT2D eigenvalue weighted by Gasteiger charge is -2.31. The van der Waals surface area contributed by atoms with Crippen molar-refractivity contribution in [2.45, 2.75) is 64.8 Å². The number of nitrogens with one attached hydrogen (secondary N) is 1. The van der Waals surface area contributed by atoms with Crippen LogP contribution in [0.25, 0.3) is 0 Å². The molecule has 0 aromatic rings. The Balaban J connectivity index is 2.21. The van der Waals surface area contributed by atoms with Crippen LogP contribution in [0.4, 0.5) is 0 Å². The van der Waals surface area contributed by atoms with Crippen molar-refractivity contribution < 1.29 is 0 Å². The second-order valence-corrected chi connectivity index (χ2v) is 4.94. The SMILES string of the molecule is CCC(CC)CC(CC1CCC1)NC. The van der Waals surface area contributed by atoms with Crippen molar-refractivity contribution in [1.82, 2.24) is 5.32 Å². The van der Waals surface area contributed by atoms with Crippen molar-refractivity contribution in [1.29, 1.82) is 0 Å². The minimum absolute atomic E-state index is 0.783. The van der Waals surface area contributed by atoms with E-state index in [4.69, 9.17) is 0 Å². The van der Waals surface area contributed by atoms with Crippen LogP contribution in [-0.4, -0.2) is 13.1 Å². The first-order chi connectivity index (χ1) is 6.80. The second-order valence-electron chi connectivity index (χ2n) is 4.94. The molecule has 1 heteroatoms. The van der Waals surface area contributed by atoms with E-state index in [9.17, 15) is 0 Å². The minimum atomic E-state index is 0.783. The summed E-state index contributed by atoms with van der Waals surface area (Å²) in [6.07, 6.45) is 9.96. The van der Waals surface area contributed by atoms with Gasteiger partial charge in [0.25, 0.3) is 0 Å². The van der Waals surface area contributed by atoms with Gasteiger partial charge in [-0.05, 0) is 31.7 Å². The van der Waals surface area contributed by atoms with Gasteiger partial charge in [-0.25, -0.2) is 0 Å². The third kappa shape index (κ3) is 3.61. The van der Waals surface area contributed by atoms with Crippen molar-refractivity contribution in [3.63, 3.8) is 0 Å². The predicted molar refractivity (Wildman–Crippen MR) is 63.5 cm³/mol. The van der Waals surface area contributed by atoms with E-state index < -0.39 is 0 Å². The molecule has 1 nitrogen and oxygen atoms in total. The fraction of sp³-hybridized carbons (Fsp3) is 1.00. The Hall–Kier alpha value is -0.0400. The molecule has 1 rings (SSSR count). The Bertz CT molecular complexity index is 136. The van der Waals surface area contributed by atoms with E-state index in [0.717, 1.165) is 17.9 Å². The molecular formula is C13H27N. The van der Waals surface area contributed by atoms with E-state index in [0.29, 0.717) is 0 Å². The van der Waals surface area contributed by atoms with Crippen molar-refractivity contribution in [3.8, 4) is 0 Å². The van der Waals surface area contributed by atoms with Gasteiger partial charge < -0.3 is 5.32 Å². The van der Waals surface area contributed by atoms with Gasteiger partial charge in [-0.15, -0.1) is 0 Å². The molecule has 0 saturated heterocycles. The Morgan fingerprint density at radius 1 is 1.21 bits per heavy atom. The van der Waals surface area contributed by atoms with E-state index in [-0.39, 0.29) is 0 Å². The average molecular weight is 197 g/mol. The van der Waals surface area contributed by atoms with Gasteiger partial charge in [-0.1, -0.05) is 46.0 Å². The summed E-state index contributed by atoms with van der Waals surface area (Å²) in [5.41, 5.74) is 0. The highest BCUT2D eigenvalue weighted by Crippen LogP contribution is 2.32. The summed E-state index contributed by atoms with van der Waals surface area (Å²) in [5.74, 6) is 1.98. The Labute approximate surface area is 89.7 Å². The lowest BCUT2D eigenvalue weighted by molar-refractivity contribution is 0.242. The van der Waals surface area contributed by atoms with Crippen LogP contribution in [0.5, 0.6) is 0 Å². The number of hydrogen-bond acceptors (Lipinski definition) is 1. The van der Waals surface area contributed by atoms with Gasteiger partial charge in [-0.2, -0.15) is 0 Å². The quantitative estimate of drug-likeness (QED) is 0.657. The normalized spacial score (nSPS) is 19.7. The maximum absolute atomic E-state index is 3.50. The molecule has 1 N–H and O–H groups in total. The maximum atomic E-state index is 3.50. The molecule has 0 aliphatic heterocycles. The molecule has 14 heavy (non-hydrogen) atoms. The molecule has 1 atom stereocenters. The van der Waals surface area contributed by atoms with Gasteiger partial charge in [-0.3, -0.25) is 0 Å². The molecule has 0 amide bonds. The molecule has 0 aromatic carbocycles. The number of hydrogen-bond donors (Lipinski definition) is 1. The molecule has 0 heterocycles. The smallest absolute Gasteiger partial charge is 0.00693 e. The highest BCUT2D eigenvalue weighted by Gasteiger charge is 2.22. The first-order valence-electron chi connectivity index (χ1n) is 6.47. The van der Waals surface area contributed by atoms with E-state index in [1.165, 1.54) is 44.9 Å². The van der Waals surface area contributed by atoms with Gasteiger partial charge in [0.1, 0.15) is 0 Å². The highest BCUT2D eigenvalue weighted by atomic mass is 14.9. The molecule has 0 spiro atoms. The minimum Gasteiger partial charge on any atom is -0.317 e. The van der Waals surface area contributed by atoms with E-state index >= 15 is 0 Å². The van der Waals surface area contributed by atoms with E-state index in [2.05, 4.69) is 26.2 Å². The lowest BCUT2D eigenvalue weighted by Crippen LogP contribution is -2.31. The largest absolute Gasteiger partial charge is 0.317 e. The summed E-state index contributed by atoms with van der Waals surface area (Å²) in [6.45, 7) is 4.65. The van der Waals surface area contributed by atoms with Crippen molar-refractivity contribution in [2.75, 3.05) is 7.05 Å². The van der Waals surface area contributed by atoms with Crippen LogP contribution in [0, 0.1) is 11.8 Å². The Kier molecular flexibility index (Phi) is 5.54. The fourth-order valence-electron chi connectivity index (χ4n) is 2.49. The number of rotatable bonds is 7. The van der Waals surface area contributed by atoms with Gasteiger partial charge in [0, 0.05) is 6.04 Å². The molecule has 0 bridgehead atoms. The van der Waals surface area contributed by atoms with Crippen LogP contribution in [0.15, 0.2) is 0 Å². The Morgan fingerprint density at radius 2 is 1.86 bits per heavy atom. The van der Waals surface area contributed by atoms with Gasteiger partial charge in [0.2, 0.25) is 0 Å². The fourth-order valence-corrected chi connectivity index (χ4v) is 2.49. The van der Waals surface area contributed by atoms with Crippen LogP contribution in [0.2, 0.25) is 0 Å². The molecular weight excluding hydrogens is 170 g/mol. The Morgan fingerprint density at radius 3 is 2.21 bits per heavy atom. The molecule has 1 saturated carbocycles. The van der Waals surface area contributed by atoms with Crippen LogP contribution >= 0.6 is 0 Å². The first kappa shape index (κ1) is 12.0. The lowest BCUT2D eigenvalue weighted by atomic mass is 9.79. The van der Waals surface area contributed by atoms with Crippen molar-refractivity contribution in [3.05, 3.63) is 0 Å². The van der Waals surface area contributed by atoms with Gasteiger partial charge >= 0.3 is 0 Å². The van der Waals surface area contributed by atoms with E-state index in [1.807, 2.05) is 0 Å². The van der Waals surface area contributed by atoms with Crippen LogP contribution in [0.3, 0.4) is 0 Å². The van der Waals surface area contributed by atoms with Crippen molar-refractivity contribution >= 4 is 0 Å². The third-order valence-electron chi connectivity index (χ3n) is 4.02. The van der Waals surface area contributed by atoms with Crippen LogP contribution in [0.1, 0.15) is 58.8 Å². The molecule has 1 unspecified atom stereocenters. The summed E-state index contributed by atoms with van der Waals surface area (Å²) >= 11 is 0. The first-order valence-corrected chi connectivity index (χ1v) is 6.47. The van der Waals surface area contributed by atoms with Gasteiger partial charge in [0.15, 0.2) is 0 Å². The molecule has 1 aliphatic carbocycles. The molecule has 0 radical (unpaired) electrons. The molecule has 84 valence electrons.